The number of aromatic nitrogens is 2. The second-order valence-corrected chi connectivity index (χ2v) is 9.18. The van der Waals surface area contributed by atoms with Gasteiger partial charge >= 0.3 is 0 Å². The molecule has 5 rings (SSSR count). The molecule has 1 amide bonds. The third kappa shape index (κ3) is 4.30. The van der Waals surface area contributed by atoms with Crippen LogP contribution in [0.1, 0.15) is 53.0 Å². The van der Waals surface area contributed by atoms with Gasteiger partial charge in [0, 0.05) is 56.9 Å². The van der Waals surface area contributed by atoms with E-state index in [4.69, 9.17) is 5.10 Å². The number of nitrogens with zero attached hydrogens (tertiary/aromatic N) is 4. The van der Waals surface area contributed by atoms with Crippen molar-refractivity contribution in [2.45, 2.75) is 57.7 Å². The van der Waals surface area contributed by atoms with Crippen molar-refractivity contribution in [3.63, 3.8) is 0 Å². The number of carbonyl (C=O) groups excluding carboxylic acids is 1. The average Bonchev–Trinajstić information content (AvgIpc) is 3.52. The average molecular weight is 409 g/mol. The second kappa shape index (κ2) is 8.52. The Bertz CT molecular complexity index is 882. The topological polar surface area (TPSA) is 61.6 Å². The summed E-state index contributed by atoms with van der Waals surface area (Å²) in [6, 6.07) is 10.5. The molecule has 2 fully saturated rings. The van der Waals surface area contributed by atoms with Crippen molar-refractivity contribution in [1.29, 1.82) is 0 Å². The van der Waals surface area contributed by atoms with Crippen molar-refractivity contribution in [2.75, 3.05) is 26.2 Å². The number of carbonyl (C=O) groups is 1. The number of likely N-dealkylation sites (tertiary alicyclic amines) is 1. The standard InChI is InChI=1S/C24H32N4O2/c29-20-9-13-27(14-10-20)24(30)23-21-17-26(16-19-6-7-19)12-11-22(21)28(25-23)15-8-18-4-2-1-3-5-18/h1-5,19-20,29H,6-17H2. The molecule has 6 nitrogen and oxygen atoms in total. The van der Waals surface area contributed by atoms with Crippen LogP contribution in [0.2, 0.25) is 0 Å². The van der Waals surface area contributed by atoms with Gasteiger partial charge in [0.2, 0.25) is 0 Å². The third-order valence-corrected chi connectivity index (χ3v) is 6.84. The molecule has 0 spiro atoms. The minimum absolute atomic E-state index is 0.0462. The van der Waals surface area contributed by atoms with Crippen LogP contribution in [-0.4, -0.2) is 62.9 Å². The number of aliphatic hydroxyl groups is 1. The summed E-state index contributed by atoms with van der Waals surface area (Å²) in [5.74, 6) is 0.896. The van der Waals surface area contributed by atoms with E-state index >= 15 is 0 Å². The van der Waals surface area contributed by atoms with E-state index in [2.05, 4.69) is 33.8 Å². The Morgan fingerprint density at radius 2 is 1.83 bits per heavy atom. The summed E-state index contributed by atoms with van der Waals surface area (Å²) >= 11 is 0. The molecule has 1 N–H and O–H groups in total. The van der Waals surface area contributed by atoms with Gasteiger partial charge < -0.3 is 10.0 Å². The predicted octanol–water partition coefficient (Wildman–Crippen LogP) is 2.49. The largest absolute Gasteiger partial charge is 0.393 e. The molecular formula is C24H32N4O2. The van der Waals surface area contributed by atoms with E-state index in [1.54, 1.807) is 0 Å². The smallest absolute Gasteiger partial charge is 0.274 e. The molecule has 1 aromatic heterocycles. The molecule has 2 aromatic rings. The van der Waals surface area contributed by atoms with Gasteiger partial charge in [-0.3, -0.25) is 14.4 Å². The van der Waals surface area contributed by atoms with Gasteiger partial charge in [0.15, 0.2) is 5.69 Å². The zero-order valence-corrected chi connectivity index (χ0v) is 17.7. The maximum Gasteiger partial charge on any atom is 0.274 e. The van der Waals surface area contributed by atoms with Gasteiger partial charge in [-0.2, -0.15) is 5.10 Å². The molecule has 1 saturated heterocycles. The fourth-order valence-electron chi connectivity index (χ4n) is 4.82. The first kappa shape index (κ1) is 19.8. The fourth-order valence-corrected chi connectivity index (χ4v) is 4.82. The summed E-state index contributed by atoms with van der Waals surface area (Å²) in [7, 11) is 0. The van der Waals surface area contributed by atoms with Crippen LogP contribution >= 0.6 is 0 Å². The summed E-state index contributed by atoms with van der Waals surface area (Å²) in [5.41, 5.74) is 4.34. The zero-order chi connectivity index (χ0) is 20.5. The maximum absolute atomic E-state index is 13.4. The van der Waals surface area contributed by atoms with Gasteiger partial charge in [0.1, 0.15) is 0 Å². The van der Waals surface area contributed by atoms with Crippen LogP contribution in [-0.2, 0) is 25.9 Å². The Morgan fingerprint density at radius 1 is 1.07 bits per heavy atom. The Labute approximate surface area is 178 Å². The SMILES string of the molecule is O=C(c1nn(CCc2ccccc2)c2c1CN(CC1CC1)CC2)N1CCC(O)CC1. The predicted molar refractivity (Wildman–Crippen MR) is 115 cm³/mol. The van der Waals surface area contributed by atoms with E-state index in [0.717, 1.165) is 50.5 Å². The van der Waals surface area contributed by atoms with Crippen LogP contribution < -0.4 is 0 Å². The molecular weight excluding hydrogens is 376 g/mol. The number of fused-ring (bicyclic) bond motifs is 1. The first-order valence-corrected chi connectivity index (χ1v) is 11.5. The van der Waals surface area contributed by atoms with E-state index in [1.165, 1.54) is 24.1 Å². The molecule has 2 aliphatic heterocycles. The minimum Gasteiger partial charge on any atom is -0.393 e. The van der Waals surface area contributed by atoms with Crippen LogP contribution in [0.3, 0.4) is 0 Å². The monoisotopic (exact) mass is 408 g/mol. The number of hydrogen-bond donors (Lipinski definition) is 1. The van der Waals surface area contributed by atoms with E-state index < -0.39 is 0 Å². The first-order chi connectivity index (χ1) is 14.7. The van der Waals surface area contributed by atoms with Crippen molar-refractivity contribution in [1.82, 2.24) is 19.6 Å². The number of hydrogen-bond acceptors (Lipinski definition) is 4. The molecule has 30 heavy (non-hydrogen) atoms. The molecule has 6 heteroatoms. The highest BCUT2D eigenvalue weighted by Gasteiger charge is 2.33. The lowest BCUT2D eigenvalue weighted by Gasteiger charge is -2.30. The van der Waals surface area contributed by atoms with Crippen LogP contribution in [0.25, 0.3) is 0 Å². The number of rotatable bonds is 6. The molecule has 0 radical (unpaired) electrons. The highest BCUT2D eigenvalue weighted by Crippen LogP contribution is 2.32. The molecule has 0 bridgehead atoms. The number of aryl methyl sites for hydroxylation is 2. The van der Waals surface area contributed by atoms with Gasteiger partial charge in [-0.25, -0.2) is 0 Å². The molecule has 160 valence electrons. The Hall–Kier alpha value is -2.18. The summed E-state index contributed by atoms with van der Waals surface area (Å²) in [6.07, 6.45) is 5.64. The number of piperidine rings is 1. The van der Waals surface area contributed by atoms with Gasteiger partial charge in [-0.15, -0.1) is 0 Å². The summed E-state index contributed by atoms with van der Waals surface area (Å²) < 4.78 is 2.10. The molecule has 0 atom stereocenters. The van der Waals surface area contributed by atoms with E-state index in [1.807, 2.05) is 11.0 Å². The molecule has 1 saturated carbocycles. The zero-order valence-electron chi connectivity index (χ0n) is 17.7. The third-order valence-electron chi connectivity index (χ3n) is 6.84. The number of aliphatic hydroxyl groups excluding tert-OH is 1. The van der Waals surface area contributed by atoms with E-state index in [-0.39, 0.29) is 12.0 Å². The Kier molecular flexibility index (Phi) is 5.61. The maximum atomic E-state index is 13.4. The summed E-state index contributed by atoms with van der Waals surface area (Å²) in [4.78, 5) is 17.8. The molecule has 3 aliphatic rings. The van der Waals surface area contributed by atoms with Crippen molar-refractivity contribution in [2.24, 2.45) is 5.92 Å². The lowest BCUT2D eigenvalue weighted by molar-refractivity contribution is 0.0539. The van der Waals surface area contributed by atoms with Crippen molar-refractivity contribution in [3.05, 3.63) is 52.8 Å². The van der Waals surface area contributed by atoms with Crippen molar-refractivity contribution in [3.8, 4) is 0 Å². The van der Waals surface area contributed by atoms with Crippen LogP contribution in [0, 0.1) is 5.92 Å². The molecule has 3 heterocycles. The number of benzene rings is 1. The van der Waals surface area contributed by atoms with Crippen LogP contribution in [0.4, 0.5) is 0 Å². The quantitative estimate of drug-likeness (QED) is 0.798. The van der Waals surface area contributed by atoms with Gasteiger partial charge in [-0.05, 0) is 43.6 Å². The molecule has 0 unspecified atom stereocenters. The number of amides is 1. The lowest BCUT2D eigenvalue weighted by Crippen LogP contribution is -2.41. The van der Waals surface area contributed by atoms with Crippen molar-refractivity contribution >= 4 is 5.91 Å². The van der Waals surface area contributed by atoms with Crippen LogP contribution in [0.15, 0.2) is 30.3 Å². The van der Waals surface area contributed by atoms with Gasteiger partial charge in [0.25, 0.3) is 5.91 Å². The van der Waals surface area contributed by atoms with Gasteiger partial charge in [0.05, 0.1) is 6.10 Å². The van der Waals surface area contributed by atoms with Crippen molar-refractivity contribution < 1.29 is 9.90 Å². The van der Waals surface area contributed by atoms with Crippen LogP contribution in [0.5, 0.6) is 0 Å². The minimum atomic E-state index is -0.277. The molecule has 1 aromatic carbocycles. The molecule has 1 aliphatic carbocycles. The summed E-state index contributed by atoms with van der Waals surface area (Å²) in [6.45, 7) is 5.10. The highest BCUT2D eigenvalue weighted by atomic mass is 16.3. The van der Waals surface area contributed by atoms with Gasteiger partial charge in [-0.1, -0.05) is 30.3 Å². The highest BCUT2D eigenvalue weighted by molar-refractivity contribution is 5.94. The summed E-state index contributed by atoms with van der Waals surface area (Å²) in [5, 5.41) is 14.7. The van der Waals surface area contributed by atoms with E-state index in [9.17, 15) is 9.90 Å². The lowest BCUT2D eigenvalue weighted by atomic mass is 10.0. The first-order valence-electron chi connectivity index (χ1n) is 11.5. The Morgan fingerprint density at radius 3 is 2.57 bits per heavy atom. The normalized spacial score (nSPS) is 20.4. The fraction of sp³-hybridized carbons (Fsp3) is 0.583. The Balaban J connectivity index is 1.38. The second-order valence-electron chi connectivity index (χ2n) is 9.18. The van der Waals surface area contributed by atoms with E-state index in [0.29, 0.717) is 31.6 Å².